The van der Waals surface area contributed by atoms with Gasteiger partial charge in [-0.05, 0) is 24.1 Å². The molecule has 0 aliphatic rings. The van der Waals surface area contributed by atoms with Crippen LogP contribution in [-0.4, -0.2) is 23.7 Å². The van der Waals surface area contributed by atoms with Crippen molar-refractivity contribution in [2.24, 2.45) is 5.73 Å². The zero-order chi connectivity index (χ0) is 12.1. The van der Waals surface area contributed by atoms with Crippen molar-refractivity contribution >= 4 is 18.4 Å². The van der Waals surface area contributed by atoms with Gasteiger partial charge < -0.3 is 15.6 Å². The van der Waals surface area contributed by atoms with E-state index in [1.165, 1.54) is 24.3 Å². The van der Waals surface area contributed by atoms with E-state index < -0.39 is 18.6 Å². The van der Waals surface area contributed by atoms with Crippen LogP contribution in [0.3, 0.4) is 0 Å². The third-order valence-electron chi connectivity index (χ3n) is 1.92. The molecule has 0 aromatic heterocycles. The summed E-state index contributed by atoms with van der Waals surface area (Å²) in [5, 5.41) is 8.57. The second-order valence-corrected chi connectivity index (χ2v) is 3.17. The molecule has 0 radical (unpaired) electrons. The molecule has 0 amide bonds. The molecule has 0 spiro atoms. The molecule has 1 aromatic rings. The summed E-state index contributed by atoms with van der Waals surface area (Å²) in [7, 11) is 0. The van der Waals surface area contributed by atoms with E-state index >= 15 is 0 Å². The van der Waals surface area contributed by atoms with Crippen molar-refractivity contribution in [3.63, 3.8) is 0 Å². The standard InChI is InChI=1S/C10H11F2NO3.ClH/c11-10(12)16-7-3-1-6(2-4-7)5-8(13)9(14)15;/h1-4,8,10H,5,13H2,(H,14,15);1H/t8-;/m0./s1. The number of benzene rings is 1. The Balaban J connectivity index is 0.00000256. The smallest absolute Gasteiger partial charge is 0.387 e. The van der Waals surface area contributed by atoms with Crippen molar-refractivity contribution in [2.75, 3.05) is 0 Å². The molecule has 0 fully saturated rings. The molecule has 0 saturated heterocycles. The zero-order valence-electron chi connectivity index (χ0n) is 8.68. The first-order valence-electron chi connectivity index (χ1n) is 4.51. The summed E-state index contributed by atoms with van der Waals surface area (Å²) >= 11 is 0. The molecule has 3 N–H and O–H groups in total. The number of rotatable bonds is 5. The molecule has 0 aliphatic heterocycles. The maximum Gasteiger partial charge on any atom is 0.387 e. The first kappa shape index (κ1) is 15.6. The second-order valence-electron chi connectivity index (χ2n) is 3.17. The van der Waals surface area contributed by atoms with Gasteiger partial charge in [-0.25, -0.2) is 0 Å². The predicted molar refractivity (Wildman–Crippen MR) is 59.6 cm³/mol. The molecule has 1 aromatic carbocycles. The van der Waals surface area contributed by atoms with Crippen LogP contribution in [0.5, 0.6) is 5.75 Å². The number of hydrogen-bond donors (Lipinski definition) is 2. The van der Waals surface area contributed by atoms with Crippen LogP contribution in [-0.2, 0) is 11.2 Å². The molecule has 1 rings (SSSR count). The Bertz CT molecular complexity index is 359. The lowest BCUT2D eigenvalue weighted by molar-refractivity contribution is -0.138. The Morgan fingerprint density at radius 2 is 1.88 bits per heavy atom. The van der Waals surface area contributed by atoms with Crippen molar-refractivity contribution in [1.82, 2.24) is 0 Å². The molecule has 17 heavy (non-hydrogen) atoms. The molecular formula is C10H12ClF2NO3. The average Bonchev–Trinajstić information content (AvgIpc) is 2.20. The van der Waals surface area contributed by atoms with Crippen molar-refractivity contribution in [2.45, 2.75) is 19.1 Å². The van der Waals surface area contributed by atoms with Crippen molar-refractivity contribution in [1.29, 1.82) is 0 Å². The van der Waals surface area contributed by atoms with Crippen LogP contribution in [0.25, 0.3) is 0 Å². The summed E-state index contributed by atoms with van der Waals surface area (Å²) in [6.07, 6.45) is 0.143. The fourth-order valence-electron chi connectivity index (χ4n) is 1.15. The van der Waals surface area contributed by atoms with Gasteiger partial charge in [-0.15, -0.1) is 12.4 Å². The van der Waals surface area contributed by atoms with Gasteiger partial charge in [0.05, 0.1) is 0 Å². The molecule has 1 atom stereocenters. The number of nitrogens with two attached hydrogens (primary N) is 1. The van der Waals surface area contributed by atoms with E-state index in [0.29, 0.717) is 5.56 Å². The van der Waals surface area contributed by atoms with Gasteiger partial charge in [0.25, 0.3) is 0 Å². The fraction of sp³-hybridized carbons (Fsp3) is 0.300. The van der Waals surface area contributed by atoms with Crippen LogP contribution in [0.4, 0.5) is 8.78 Å². The Morgan fingerprint density at radius 1 is 1.35 bits per heavy atom. The largest absolute Gasteiger partial charge is 0.480 e. The van der Waals surface area contributed by atoms with Crippen LogP contribution in [0.2, 0.25) is 0 Å². The van der Waals surface area contributed by atoms with Gasteiger partial charge >= 0.3 is 12.6 Å². The lowest BCUT2D eigenvalue weighted by Gasteiger charge is -2.08. The Labute approximate surface area is 103 Å². The number of carbonyl (C=O) groups is 1. The first-order valence-corrected chi connectivity index (χ1v) is 4.51. The maximum absolute atomic E-state index is 11.8. The number of halogens is 3. The number of carboxylic acids is 1. The molecular weight excluding hydrogens is 256 g/mol. The lowest BCUT2D eigenvalue weighted by Crippen LogP contribution is -2.32. The SMILES string of the molecule is Cl.N[C@@H](Cc1ccc(OC(F)F)cc1)C(=O)O. The highest BCUT2D eigenvalue weighted by Gasteiger charge is 2.12. The van der Waals surface area contributed by atoms with Crippen LogP contribution in [0, 0.1) is 0 Å². The van der Waals surface area contributed by atoms with Gasteiger partial charge in [0, 0.05) is 0 Å². The van der Waals surface area contributed by atoms with Crippen LogP contribution < -0.4 is 10.5 Å². The number of hydrogen-bond acceptors (Lipinski definition) is 3. The van der Waals surface area contributed by atoms with Crippen molar-refractivity contribution in [3.05, 3.63) is 29.8 Å². The Hall–Kier alpha value is -1.40. The fourth-order valence-corrected chi connectivity index (χ4v) is 1.15. The van der Waals surface area contributed by atoms with E-state index in [-0.39, 0.29) is 24.6 Å². The molecule has 0 saturated carbocycles. The lowest BCUT2D eigenvalue weighted by atomic mass is 10.1. The van der Waals surface area contributed by atoms with E-state index in [2.05, 4.69) is 4.74 Å². The van der Waals surface area contributed by atoms with Gasteiger partial charge in [-0.3, -0.25) is 4.79 Å². The van der Waals surface area contributed by atoms with E-state index in [4.69, 9.17) is 10.8 Å². The second kappa shape index (κ2) is 7.03. The highest BCUT2D eigenvalue weighted by molar-refractivity contribution is 5.85. The number of carboxylic acid groups (broad SMARTS) is 1. The normalized spacial score (nSPS) is 11.8. The molecule has 0 bridgehead atoms. The Kier molecular flexibility index (Phi) is 6.45. The molecule has 4 nitrogen and oxygen atoms in total. The third kappa shape index (κ3) is 5.46. The van der Waals surface area contributed by atoms with E-state index in [9.17, 15) is 13.6 Å². The quantitative estimate of drug-likeness (QED) is 0.851. The Morgan fingerprint density at radius 3 is 2.29 bits per heavy atom. The maximum atomic E-state index is 11.8. The summed E-state index contributed by atoms with van der Waals surface area (Å²) in [4.78, 5) is 10.5. The minimum Gasteiger partial charge on any atom is -0.480 e. The highest BCUT2D eigenvalue weighted by atomic mass is 35.5. The van der Waals surface area contributed by atoms with Crippen LogP contribution >= 0.6 is 12.4 Å². The minimum absolute atomic E-state index is 0. The molecule has 0 heterocycles. The van der Waals surface area contributed by atoms with Crippen molar-refractivity contribution in [3.8, 4) is 5.75 Å². The number of aliphatic carboxylic acids is 1. The van der Waals surface area contributed by atoms with Gasteiger partial charge in [0.1, 0.15) is 11.8 Å². The van der Waals surface area contributed by atoms with Gasteiger partial charge in [-0.2, -0.15) is 8.78 Å². The van der Waals surface area contributed by atoms with E-state index in [1.54, 1.807) is 0 Å². The molecule has 7 heteroatoms. The summed E-state index contributed by atoms with van der Waals surface area (Å²) in [6.45, 7) is -2.87. The summed E-state index contributed by atoms with van der Waals surface area (Å²) in [5.74, 6) is -1.07. The van der Waals surface area contributed by atoms with Crippen LogP contribution in [0.1, 0.15) is 5.56 Å². The molecule has 0 aliphatic carbocycles. The van der Waals surface area contributed by atoms with Gasteiger partial charge in [-0.1, -0.05) is 12.1 Å². The monoisotopic (exact) mass is 267 g/mol. The number of alkyl halides is 2. The third-order valence-corrected chi connectivity index (χ3v) is 1.92. The van der Waals surface area contributed by atoms with Crippen LogP contribution in [0.15, 0.2) is 24.3 Å². The number of ether oxygens (including phenoxy) is 1. The average molecular weight is 268 g/mol. The molecule has 96 valence electrons. The summed E-state index contributed by atoms with van der Waals surface area (Å²) < 4.78 is 27.8. The van der Waals surface area contributed by atoms with Gasteiger partial charge in [0.2, 0.25) is 0 Å². The van der Waals surface area contributed by atoms with Crippen molar-refractivity contribution < 1.29 is 23.4 Å². The van der Waals surface area contributed by atoms with Gasteiger partial charge in [0.15, 0.2) is 0 Å². The predicted octanol–water partition coefficient (Wildman–Crippen LogP) is 1.66. The topological polar surface area (TPSA) is 72.5 Å². The first-order chi connectivity index (χ1) is 7.49. The highest BCUT2D eigenvalue weighted by Crippen LogP contribution is 2.15. The van der Waals surface area contributed by atoms with E-state index in [1.807, 2.05) is 0 Å². The minimum atomic E-state index is -2.87. The summed E-state index contributed by atoms with van der Waals surface area (Å²) in [6, 6.07) is 4.69. The summed E-state index contributed by atoms with van der Waals surface area (Å²) in [5.41, 5.74) is 5.97. The zero-order valence-corrected chi connectivity index (χ0v) is 9.49. The molecule has 0 unspecified atom stereocenters. The van der Waals surface area contributed by atoms with E-state index in [0.717, 1.165) is 0 Å².